The largest absolute Gasteiger partial charge is 0.372 e. The molecule has 0 aliphatic carbocycles. The van der Waals surface area contributed by atoms with E-state index in [0.29, 0.717) is 11.3 Å². The van der Waals surface area contributed by atoms with Gasteiger partial charge in [-0.2, -0.15) is 0 Å². The minimum absolute atomic E-state index is 0.163. The fourth-order valence-corrected chi connectivity index (χ4v) is 4.81. The Labute approximate surface area is 215 Å². The average Bonchev–Trinajstić information content (AvgIpc) is 3.56. The highest BCUT2D eigenvalue weighted by Gasteiger charge is 2.16. The molecule has 186 valence electrons. The van der Waals surface area contributed by atoms with Gasteiger partial charge in [-0.25, -0.2) is 4.98 Å². The van der Waals surface area contributed by atoms with Gasteiger partial charge in [0.15, 0.2) is 5.69 Å². The predicted octanol–water partition coefficient (Wildman–Crippen LogP) is 4.95. The van der Waals surface area contributed by atoms with Crippen molar-refractivity contribution in [3.8, 4) is 11.4 Å². The van der Waals surface area contributed by atoms with E-state index in [4.69, 9.17) is 4.98 Å². The molecule has 4 aromatic rings. The molecule has 2 aliphatic heterocycles. The van der Waals surface area contributed by atoms with Gasteiger partial charge in [0, 0.05) is 42.0 Å². The monoisotopic (exact) mass is 492 g/mol. The van der Waals surface area contributed by atoms with Gasteiger partial charge in [0.1, 0.15) is 5.82 Å². The van der Waals surface area contributed by atoms with Gasteiger partial charge in [0.05, 0.1) is 30.8 Å². The van der Waals surface area contributed by atoms with Gasteiger partial charge < -0.3 is 15.2 Å². The van der Waals surface area contributed by atoms with Gasteiger partial charge in [0.2, 0.25) is 0 Å². The lowest BCUT2D eigenvalue weighted by atomic mass is 10.2. The van der Waals surface area contributed by atoms with Crippen LogP contribution in [0, 0.1) is 0 Å². The number of H-pyrrole nitrogens is 1. The zero-order valence-electron chi connectivity index (χ0n) is 20.9. The Balaban J connectivity index is 1.15. The summed E-state index contributed by atoms with van der Waals surface area (Å²) in [5, 5.41) is 9.28. The lowest BCUT2D eigenvalue weighted by molar-refractivity contribution is -0.491. The molecule has 0 radical (unpaired) electrons. The summed E-state index contributed by atoms with van der Waals surface area (Å²) < 4.78 is 2.09. The molecule has 0 atom stereocenters. The number of fused-ring (bicyclic) bond motifs is 1. The molecule has 6 rings (SSSR count). The van der Waals surface area contributed by atoms with Crippen molar-refractivity contribution < 1.29 is 9.37 Å². The van der Waals surface area contributed by atoms with Crippen molar-refractivity contribution in [1.82, 2.24) is 9.97 Å². The number of nitrogens with zero attached hydrogens (tertiary/aromatic N) is 5. The van der Waals surface area contributed by atoms with E-state index in [1.54, 1.807) is 0 Å². The number of carbonyl (C=O) groups excluding carboxylic acids is 1. The number of nitrogens with one attached hydrogen (secondary N) is 2. The van der Waals surface area contributed by atoms with E-state index in [2.05, 4.69) is 49.1 Å². The fraction of sp³-hybridized carbons (Fsp3) is 0.241. The SMILES string of the molecule is C[N+]1=CN(c2ccc(C(=O)Nc3ccc4nc(-c5ccc(N6CCCC6)cc5)[nH]c4c3)cc2)N=CCC1. The lowest BCUT2D eigenvalue weighted by Crippen LogP contribution is -2.20. The second kappa shape index (κ2) is 9.89. The van der Waals surface area contributed by atoms with Crippen LogP contribution in [0.5, 0.6) is 0 Å². The number of aromatic nitrogens is 2. The number of amides is 1. The summed E-state index contributed by atoms with van der Waals surface area (Å²) in [6, 6.07) is 21.7. The lowest BCUT2D eigenvalue weighted by Gasteiger charge is -2.17. The van der Waals surface area contributed by atoms with Gasteiger partial charge >= 0.3 is 0 Å². The first-order valence-electron chi connectivity index (χ1n) is 12.8. The van der Waals surface area contributed by atoms with Crippen LogP contribution < -0.4 is 15.2 Å². The van der Waals surface area contributed by atoms with Crippen LogP contribution >= 0.6 is 0 Å². The molecule has 1 aromatic heterocycles. The van der Waals surface area contributed by atoms with Crippen LogP contribution in [0.2, 0.25) is 0 Å². The number of rotatable bonds is 5. The van der Waals surface area contributed by atoms with Crippen molar-refractivity contribution in [2.75, 3.05) is 41.9 Å². The van der Waals surface area contributed by atoms with E-state index in [9.17, 15) is 4.79 Å². The van der Waals surface area contributed by atoms with Crippen molar-refractivity contribution in [1.29, 1.82) is 0 Å². The van der Waals surface area contributed by atoms with Crippen LogP contribution in [-0.4, -0.2) is 59.7 Å². The molecule has 1 saturated heterocycles. The maximum absolute atomic E-state index is 12.9. The maximum atomic E-state index is 12.9. The molecule has 0 bridgehead atoms. The topological polar surface area (TPSA) is 79.6 Å². The van der Waals surface area contributed by atoms with E-state index in [-0.39, 0.29) is 5.91 Å². The molecule has 0 spiro atoms. The molecule has 3 aromatic carbocycles. The molecule has 37 heavy (non-hydrogen) atoms. The fourth-order valence-electron chi connectivity index (χ4n) is 4.81. The van der Waals surface area contributed by atoms with Crippen LogP contribution in [0.15, 0.2) is 71.8 Å². The number of hydrogen-bond donors (Lipinski definition) is 2. The van der Waals surface area contributed by atoms with Crippen LogP contribution in [-0.2, 0) is 0 Å². The molecule has 1 fully saturated rings. The quantitative estimate of drug-likeness (QED) is 0.387. The van der Waals surface area contributed by atoms with Crippen molar-refractivity contribution in [2.24, 2.45) is 5.10 Å². The predicted molar refractivity (Wildman–Crippen MR) is 150 cm³/mol. The third-order valence-electron chi connectivity index (χ3n) is 6.87. The summed E-state index contributed by atoms with van der Waals surface area (Å²) in [5.41, 5.74) is 6.25. The third kappa shape index (κ3) is 4.95. The second-order valence-corrected chi connectivity index (χ2v) is 9.59. The highest BCUT2D eigenvalue weighted by Crippen LogP contribution is 2.27. The Morgan fingerprint density at radius 3 is 2.51 bits per heavy atom. The standard InChI is InChI=1S/C29H29N7O/c1-34-16-4-15-30-36(20-34)25-12-7-22(8-13-25)29(37)31-23-9-14-26-27(19-23)33-28(32-26)21-5-10-24(11-6-21)35-17-2-3-18-35/h5-15,19-20H,2-4,16-18H2,1H3,(H-,31,32,33,37)/p+1. The van der Waals surface area contributed by atoms with Crippen molar-refractivity contribution >= 4 is 46.6 Å². The Morgan fingerprint density at radius 1 is 0.973 bits per heavy atom. The van der Waals surface area contributed by atoms with Gasteiger partial charge in [0.25, 0.3) is 12.2 Å². The van der Waals surface area contributed by atoms with E-state index >= 15 is 0 Å². The number of hydrogen-bond acceptors (Lipinski definition) is 5. The Morgan fingerprint density at radius 2 is 1.73 bits per heavy atom. The number of aromatic amines is 1. The van der Waals surface area contributed by atoms with E-state index in [0.717, 1.165) is 54.2 Å². The molecule has 8 nitrogen and oxygen atoms in total. The molecule has 2 N–H and O–H groups in total. The normalized spacial score (nSPS) is 15.6. The summed E-state index contributed by atoms with van der Waals surface area (Å²) in [6.45, 7) is 3.19. The average molecular weight is 493 g/mol. The van der Waals surface area contributed by atoms with E-state index in [1.807, 2.05) is 67.1 Å². The van der Waals surface area contributed by atoms with Gasteiger partial charge in [-0.15, -0.1) is 5.01 Å². The number of anilines is 3. The number of benzene rings is 3. The highest BCUT2D eigenvalue weighted by molar-refractivity contribution is 6.05. The van der Waals surface area contributed by atoms with Crippen molar-refractivity contribution in [3.05, 3.63) is 72.3 Å². The Bertz CT molecular complexity index is 1480. The summed E-state index contributed by atoms with van der Waals surface area (Å²) in [6.07, 6.45) is 7.28. The van der Waals surface area contributed by atoms with Gasteiger partial charge in [-0.3, -0.25) is 9.37 Å². The summed E-state index contributed by atoms with van der Waals surface area (Å²) in [7, 11) is 2.02. The minimum Gasteiger partial charge on any atom is -0.372 e. The van der Waals surface area contributed by atoms with Crippen LogP contribution in [0.25, 0.3) is 22.4 Å². The second-order valence-electron chi connectivity index (χ2n) is 9.59. The summed E-state index contributed by atoms with van der Waals surface area (Å²) in [5.74, 6) is 0.657. The summed E-state index contributed by atoms with van der Waals surface area (Å²) in [4.78, 5) is 23.5. The van der Waals surface area contributed by atoms with Gasteiger partial charge in [-0.1, -0.05) is 5.10 Å². The number of carbonyl (C=O) groups is 1. The van der Waals surface area contributed by atoms with Crippen LogP contribution in [0.1, 0.15) is 29.6 Å². The first-order valence-corrected chi connectivity index (χ1v) is 12.8. The van der Waals surface area contributed by atoms with Crippen molar-refractivity contribution in [3.63, 3.8) is 0 Å². The first kappa shape index (κ1) is 23.0. The molecule has 0 saturated carbocycles. The van der Waals surface area contributed by atoms with Crippen LogP contribution in [0.3, 0.4) is 0 Å². The molecule has 0 unspecified atom stereocenters. The molecular weight excluding hydrogens is 462 g/mol. The number of hydrazone groups is 1. The zero-order valence-corrected chi connectivity index (χ0v) is 20.9. The maximum Gasteiger partial charge on any atom is 0.265 e. The van der Waals surface area contributed by atoms with Gasteiger partial charge in [-0.05, 0) is 79.6 Å². The van der Waals surface area contributed by atoms with E-state index < -0.39 is 0 Å². The van der Waals surface area contributed by atoms with Crippen LogP contribution in [0.4, 0.5) is 17.1 Å². The Kier molecular flexibility index (Phi) is 6.14. The Hall–Kier alpha value is -4.46. The summed E-state index contributed by atoms with van der Waals surface area (Å²) >= 11 is 0. The molecule has 8 heteroatoms. The minimum atomic E-state index is -0.163. The molecule has 3 heterocycles. The third-order valence-corrected chi connectivity index (χ3v) is 6.87. The smallest absolute Gasteiger partial charge is 0.265 e. The number of imidazole rings is 1. The molecule has 1 amide bonds. The van der Waals surface area contributed by atoms with Crippen molar-refractivity contribution in [2.45, 2.75) is 19.3 Å². The highest BCUT2D eigenvalue weighted by atomic mass is 16.1. The van der Waals surface area contributed by atoms with E-state index in [1.165, 1.54) is 18.5 Å². The first-order chi connectivity index (χ1) is 18.1. The molecular formula is C29H30N7O+. The zero-order chi connectivity index (χ0) is 25.2. The molecule has 2 aliphatic rings.